The molecular weight excluding hydrogens is 438 g/mol. The van der Waals surface area contributed by atoms with Crippen LogP contribution in [0.5, 0.6) is 0 Å². The summed E-state index contributed by atoms with van der Waals surface area (Å²) >= 11 is 1.08. The number of hydrogen-bond donors (Lipinski definition) is 0. The van der Waals surface area contributed by atoms with E-state index in [0.29, 0.717) is 18.7 Å². The molecule has 1 aliphatic heterocycles. The molecule has 32 heavy (non-hydrogen) atoms. The molecule has 0 radical (unpaired) electrons. The van der Waals surface area contributed by atoms with Crippen LogP contribution in [0.3, 0.4) is 0 Å². The molecule has 0 bridgehead atoms. The zero-order valence-corrected chi connectivity index (χ0v) is 18.1. The molecular formula is C25H23F4NOS. The predicted molar refractivity (Wildman–Crippen MR) is 118 cm³/mol. The molecule has 168 valence electrons. The lowest BCUT2D eigenvalue weighted by molar-refractivity contribution is -0.139. The van der Waals surface area contributed by atoms with Crippen LogP contribution in [0.1, 0.15) is 21.9 Å². The molecule has 0 unspecified atom stereocenters. The molecule has 0 saturated carbocycles. The highest BCUT2D eigenvalue weighted by Gasteiger charge is 2.36. The molecule has 2 atom stereocenters. The lowest BCUT2D eigenvalue weighted by Crippen LogP contribution is -2.44. The number of benzene rings is 3. The van der Waals surface area contributed by atoms with Crippen LogP contribution < -0.4 is 0 Å². The van der Waals surface area contributed by atoms with E-state index < -0.39 is 22.8 Å². The van der Waals surface area contributed by atoms with E-state index in [1.165, 1.54) is 24.3 Å². The molecule has 2 nitrogen and oxygen atoms in total. The average Bonchev–Trinajstić information content (AvgIpc) is 2.78. The highest BCUT2D eigenvalue weighted by atomic mass is 32.2. The maximum absolute atomic E-state index is 14.0. The van der Waals surface area contributed by atoms with E-state index in [1.54, 1.807) is 18.2 Å². The van der Waals surface area contributed by atoms with Gasteiger partial charge in [0.25, 0.3) is 0 Å². The van der Waals surface area contributed by atoms with Crippen molar-refractivity contribution >= 4 is 11.8 Å². The Morgan fingerprint density at radius 1 is 0.969 bits per heavy atom. The zero-order chi connectivity index (χ0) is 22.6. The Morgan fingerprint density at radius 3 is 2.47 bits per heavy atom. The summed E-state index contributed by atoms with van der Waals surface area (Å²) in [4.78, 5) is 2.34. The molecule has 4 rings (SSSR count). The zero-order valence-electron chi connectivity index (χ0n) is 17.3. The third-order valence-corrected chi connectivity index (χ3v) is 6.83. The van der Waals surface area contributed by atoms with Crippen molar-refractivity contribution in [3.8, 4) is 0 Å². The van der Waals surface area contributed by atoms with E-state index in [0.717, 1.165) is 36.5 Å². The summed E-state index contributed by atoms with van der Waals surface area (Å²) in [5.74, 6) is -0.422. The third kappa shape index (κ3) is 5.71. The summed E-state index contributed by atoms with van der Waals surface area (Å²) in [6, 6.07) is 21.6. The third-order valence-electron chi connectivity index (χ3n) is 5.39. The van der Waals surface area contributed by atoms with Gasteiger partial charge in [-0.3, -0.25) is 4.90 Å². The van der Waals surface area contributed by atoms with Gasteiger partial charge in [-0.25, -0.2) is 4.39 Å². The lowest BCUT2D eigenvalue weighted by Gasteiger charge is -2.37. The van der Waals surface area contributed by atoms with Gasteiger partial charge in [0.2, 0.25) is 0 Å². The number of morpholine rings is 1. The maximum atomic E-state index is 14.0. The van der Waals surface area contributed by atoms with Gasteiger partial charge in [0.05, 0.1) is 23.5 Å². The minimum atomic E-state index is -4.47. The van der Waals surface area contributed by atoms with Crippen molar-refractivity contribution in [2.75, 3.05) is 19.7 Å². The molecule has 1 aliphatic rings. The quantitative estimate of drug-likeness (QED) is 0.304. The van der Waals surface area contributed by atoms with Gasteiger partial charge in [-0.15, -0.1) is 11.8 Å². The number of alkyl halides is 3. The first-order valence-electron chi connectivity index (χ1n) is 10.4. The van der Waals surface area contributed by atoms with Crippen molar-refractivity contribution in [1.82, 2.24) is 4.90 Å². The number of halogens is 4. The number of nitrogens with zero attached hydrogens (tertiary/aromatic N) is 1. The Morgan fingerprint density at radius 2 is 1.72 bits per heavy atom. The van der Waals surface area contributed by atoms with Crippen LogP contribution in [0.15, 0.2) is 83.8 Å². The van der Waals surface area contributed by atoms with Gasteiger partial charge in [0.15, 0.2) is 0 Å². The number of rotatable bonds is 6. The van der Waals surface area contributed by atoms with Gasteiger partial charge in [-0.1, -0.05) is 54.6 Å². The van der Waals surface area contributed by atoms with Crippen molar-refractivity contribution < 1.29 is 22.3 Å². The maximum Gasteiger partial charge on any atom is 0.417 e. The molecule has 7 heteroatoms. The lowest BCUT2D eigenvalue weighted by atomic mass is 10.1. The molecule has 0 spiro atoms. The first kappa shape index (κ1) is 22.8. The Labute approximate surface area is 189 Å². The predicted octanol–water partition coefficient (Wildman–Crippen LogP) is 6.58. The second-order valence-corrected chi connectivity index (χ2v) is 8.90. The van der Waals surface area contributed by atoms with Crippen LogP contribution in [0.4, 0.5) is 17.6 Å². The molecule has 1 fully saturated rings. The van der Waals surface area contributed by atoms with E-state index in [9.17, 15) is 17.6 Å². The summed E-state index contributed by atoms with van der Waals surface area (Å²) in [6.07, 6.45) is -4.86. The molecule has 0 aromatic heterocycles. The number of thioether (sulfide) groups is 1. The highest BCUT2D eigenvalue weighted by Crippen LogP contribution is 2.45. The Balaban J connectivity index is 1.62. The number of ether oxygens (including phenoxy) is 1. The van der Waals surface area contributed by atoms with Crippen LogP contribution in [0, 0.1) is 5.82 Å². The van der Waals surface area contributed by atoms with Gasteiger partial charge in [-0.2, -0.15) is 13.2 Å². The average molecular weight is 462 g/mol. The summed E-state index contributed by atoms with van der Waals surface area (Å²) in [5.41, 5.74) is 1.08. The van der Waals surface area contributed by atoms with Gasteiger partial charge < -0.3 is 4.74 Å². The van der Waals surface area contributed by atoms with Crippen molar-refractivity contribution in [1.29, 1.82) is 0 Å². The van der Waals surface area contributed by atoms with Crippen LogP contribution in [0.25, 0.3) is 0 Å². The van der Waals surface area contributed by atoms with E-state index in [-0.39, 0.29) is 11.0 Å². The standard InChI is InChI=1S/C25H23F4NOS/c26-20-10-6-9-19(15-20)24(32-23-12-5-4-11-21(23)25(27,28)29)22-17-30(13-14-31-22)16-18-7-2-1-3-8-18/h1-12,15,22,24H,13-14,16-17H2/t22-,24-/m1/s1. The fourth-order valence-electron chi connectivity index (χ4n) is 3.88. The smallest absolute Gasteiger partial charge is 0.374 e. The molecule has 0 N–H and O–H groups in total. The molecule has 1 heterocycles. The summed E-state index contributed by atoms with van der Waals surface area (Å²) < 4.78 is 60.9. The van der Waals surface area contributed by atoms with Gasteiger partial charge in [0.1, 0.15) is 5.82 Å². The van der Waals surface area contributed by atoms with E-state index in [1.807, 2.05) is 30.3 Å². The van der Waals surface area contributed by atoms with Crippen LogP contribution >= 0.6 is 11.8 Å². The van der Waals surface area contributed by atoms with E-state index in [4.69, 9.17) is 4.74 Å². The second-order valence-electron chi connectivity index (χ2n) is 7.72. The second kappa shape index (κ2) is 10.1. The van der Waals surface area contributed by atoms with Crippen molar-refractivity contribution in [3.63, 3.8) is 0 Å². The Hall–Kier alpha value is -2.35. The Kier molecular flexibility index (Phi) is 7.18. The topological polar surface area (TPSA) is 12.5 Å². The molecule has 0 aliphatic carbocycles. The minimum absolute atomic E-state index is 0.109. The van der Waals surface area contributed by atoms with Crippen LogP contribution in [0.2, 0.25) is 0 Å². The van der Waals surface area contributed by atoms with Gasteiger partial charge in [0, 0.05) is 24.5 Å². The van der Waals surface area contributed by atoms with Gasteiger partial charge >= 0.3 is 6.18 Å². The van der Waals surface area contributed by atoms with Crippen molar-refractivity contribution in [2.45, 2.75) is 29.0 Å². The molecule has 3 aromatic rings. The molecule has 1 saturated heterocycles. The number of hydrogen-bond acceptors (Lipinski definition) is 3. The minimum Gasteiger partial charge on any atom is -0.374 e. The first-order chi connectivity index (χ1) is 15.4. The normalized spacial score (nSPS) is 18.4. The summed E-state index contributed by atoms with van der Waals surface area (Å²) in [7, 11) is 0. The first-order valence-corrected chi connectivity index (χ1v) is 11.2. The highest BCUT2D eigenvalue weighted by molar-refractivity contribution is 7.99. The molecule has 3 aromatic carbocycles. The summed E-state index contributed by atoms with van der Waals surface area (Å²) in [5, 5.41) is -0.493. The van der Waals surface area contributed by atoms with Crippen molar-refractivity contribution in [2.24, 2.45) is 0 Å². The fourth-order valence-corrected chi connectivity index (χ4v) is 5.22. The van der Waals surface area contributed by atoms with E-state index in [2.05, 4.69) is 4.90 Å². The summed E-state index contributed by atoms with van der Waals surface area (Å²) in [6.45, 7) is 2.45. The monoisotopic (exact) mass is 461 g/mol. The fraction of sp³-hybridized carbons (Fsp3) is 0.280. The van der Waals surface area contributed by atoms with Crippen molar-refractivity contribution in [3.05, 3.63) is 101 Å². The van der Waals surface area contributed by atoms with Gasteiger partial charge in [-0.05, 0) is 35.4 Å². The van der Waals surface area contributed by atoms with Crippen LogP contribution in [-0.2, 0) is 17.5 Å². The largest absolute Gasteiger partial charge is 0.417 e. The van der Waals surface area contributed by atoms with E-state index >= 15 is 0 Å². The Bertz CT molecular complexity index is 1030. The van der Waals surface area contributed by atoms with Crippen LogP contribution in [-0.4, -0.2) is 30.7 Å². The molecule has 0 amide bonds. The SMILES string of the molecule is Fc1cccc([C@@H](Sc2ccccc2C(F)(F)F)[C@H]2CN(Cc3ccccc3)CCO2)c1.